The molecule has 0 spiro atoms. The first-order valence-corrected chi connectivity index (χ1v) is 4.22. The lowest BCUT2D eigenvalue weighted by Gasteiger charge is -2.49. The van der Waals surface area contributed by atoms with Crippen LogP contribution in [0.1, 0.15) is 34.1 Å². The van der Waals surface area contributed by atoms with Gasteiger partial charge in [-0.1, -0.05) is 32.9 Å². The predicted molar refractivity (Wildman–Crippen MR) is 45.9 cm³/mol. The Labute approximate surface area is 64.3 Å². The van der Waals surface area contributed by atoms with Crippen LogP contribution in [-0.4, -0.2) is 0 Å². The highest BCUT2D eigenvalue weighted by Gasteiger charge is 2.43. The molecule has 58 valence electrons. The van der Waals surface area contributed by atoms with E-state index in [1.807, 2.05) is 0 Å². The van der Waals surface area contributed by atoms with Crippen molar-refractivity contribution in [1.29, 1.82) is 0 Å². The van der Waals surface area contributed by atoms with E-state index < -0.39 is 0 Å². The Balaban J connectivity index is 2.54. The van der Waals surface area contributed by atoms with Gasteiger partial charge in [-0.3, -0.25) is 0 Å². The van der Waals surface area contributed by atoms with Crippen LogP contribution >= 0.6 is 0 Å². The van der Waals surface area contributed by atoms with E-state index in [4.69, 9.17) is 0 Å². The first kappa shape index (κ1) is 7.84. The van der Waals surface area contributed by atoms with Gasteiger partial charge in [-0.15, -0.1) is 0 Å². The van der Waals surface area contributed by atoms with Gasteiger partial charge in [0.25, 0.3) is 0 Å². The summed E-state index contributed by atoms with van der Waals surface area (Å²) in [5, 5.41) is 0. The molecule has 2 unspecified atom stereocenters. The molecule has 0 heteroatoms. The summed E-state index contributed by atoms with van der Waals surface area (Å²) in [6, 6.07) is 0. The average Bonchev–Trinajstić information content (AvgIpc) is 1.88. The second kappa shape index (κ2) is 2.41. The average molecular weight is 138 g/mol. The quantitative estimate of drug-likeness (QED) is 0.488. The van der Waals surface area contributed by atoms with Crippen molar-refractivity contribution in [3.8, 4) is 0 Å². The highest BCUT2D eigenvalue weighted by atomic mass is 14.5. The molecule has 1 aliphatic carbocycles. The van der Waals surface area contributed by atoms with Crippen molar-refractivity contribution in [3.63, 3.8) is 0 Å². The van der Waals surface area contributed by atoms with Gasteiger partial charge in [0.1, 0.15) is 0 Å². The molecule has 1 saturated carbocycles. The van der Waals surface area contributed by atoms with Crippen molar-refractivity contribution in [3.05, 3.63) is 12.2 Å². The minimum absolute atomic E-state index is 0.562. The van der Waals surface area contributed by atoms with Crippen molar-refractivity contribution >= 4 is 0 Å². The minimum Gasteiger partial charge on any atom is -0.0914 e. The molecule has 0 saturated heterocycles. The topological polar surface area (TPSA) is 0 Å². The summed E-state index contributed by atoms with van der Waals surface area (Å²) >= 11 is 0. The van der Waals surface area contributed by atoms with Gasteiger partial charge < -0.3 is 0 Å². The fraction of sp³-hybridized carbons (Fsp3) is 0.800. The molecule has 0 aromatic rings. The molecule has 0 aromatic carbocycles. The molecule has 0 N–H and O–H groups in total. The normalized spacial score (nSPS) is 38.0. The summed E-state index contributed by atoms with van der Waals surface area (Å²) in [6.45, 7) is 9.19. The van der Waals surface area contributed by atoms with E-state index in [9.17, 15) is 0 Å². The lowest BCUT2D eigenvalue weighted by Crippen LogP contribution is -2.41. The predicted octanol–water partition coefficient (Wildman–Crippen LogP) is 3.24. The van der Waals surface area contributed by atoms with Gasteiger partial charge in [0.15, 0.2) is 0 Å². The molecular formula is C10H18. The van der Waals surface area contributed by atoms with Crippen LogP contribution in [0.5, 0.6) is 0 Å². The Bertz CT molecular complexity index is 142. The third-order valence-corrected chi connectivity index (χ3v) is 3.26. The molecule has 0 heterocycles. The molecule has 0 nitrogen and oxygen atoms in total. The van der Waals surface area contributed by atoms with Crippen LogP contribution < -0.4 is 0 Å². The van der Waals surface area contributed by atoms with Crippen LogP contribution in [0.4, 0.5) is 0 Å². The van der Waals surface area contributed by atoms with Crippen LogP contribution in [0.3, 0.4) is 0 Å². The number of hydrogen-bond acceptors (Lipinski definition) is 0. The maximum atomic E-state index is 2.37. The Morgan fingerprint density at radius 3 is 2.30 bits per heavy atom. The second-order valence-electron chi connectivity index (χ2n) is 4.09. The standard InChI is InChI=1S/C10H18/c1-5-6-9-7-8(2)10(9,3)4/h5-6,8-9H,7H2,1-4H3/b6-5-. The smallest absolute Gasteiger partial charge is 0.0177 e. The van der Waals surface area contributed by atoms with Crippen molar-refractivity contribution < 1.29 is 0 Å². The summed E-state index contributed by atoms with van der Waals surface area (Å²) in [4.78, 5) is 0. The van der Waals surface area contributed by atoms with Gasteiger partial charge in [0, 0.05) is 0 Å². The molecule has 10 heavy (non-hydrogen) atoms. The molecule has 0 aliphatic heterocycles. The van der Waals surface area contributed by atoms with E-state index in [0.717, 1.165) is 11.8 Å². The van der Waals surface area contributed by atoms with E-state index in [2.05, 4.69) is 39.8 Å². The molecule has 1 fully saturated rings. The fourth-order valence-electron chi connectivity index (χ4n) is 1.75. The SMILES string of the molecule is C/C=C\C1CC(C)C1(C)C. The Kier molecular flexibility index (Phi) is 1.89. The van der Waals surface area contributed by atoms with Gasteiger partial charge in [0.05, 0.1) is 0 Å². The molecular weight excluding hydrogens is 120 g/mol. The lowest BCUT2D eigenvalue weighted by atomic mass is 9.55. The molecule has 0 bridgehead atoms. The maximum absolute atomic E-state index is 2.37. The minimum atomic E-state index is 0.562. The van der Waals surface area contributed by atoms with E-state index in [0.29, 0.717) is 5.41 Å². The Morgan fingerprint density at radius 1 is 1.40 bits per heavy atom. The third kappa shape index (κ3) is 1.00. The summed E-state index contributed by atoms with van der Waals surface area (Å²) in [5.74, 6) is 1.75. The molecule has 0 radical (unpaired) electrons. The summed E-state index contributed by atoms with van der Waals surface area (Å²) in [5.41, 5.74) is 0.562. The fourth-order valence-corrected chi connectivity index (χ4v) is 1.75. The van der Waals surface area contributed by atoms with Crippen molar-refractivity contribution in [2.24, 2.45) is 17.3 Å². The number of rotatable bonds is 1. The van der Waals surface area contributed by atoms with E-state index >= 15 is 0 Å². The first-order chi connectivity index (χ1) is 4.59. The highest BCUT2D eigenvalue weighted by molar-refractivity contribution is 5.04. The molecule has 1 rings (SSSR count). The number of hydrogen-bond donors (Lipinski definition) is 0. The third-order valence-electron chi connectivity index (χ3n) is 3.26. The lowest BCUT2D eigenvalue weighted by molar-refractivity contribution is 0.0257. The van der Waals surface area contributed by atoms with Gasteiger partial charge in [-0.25, -0.2) is 0 Å². The molecule has 2 atom stereocenters. The zero-order valence-electron chi connectivity index (χ0n) is 7.52. The van der Waals surface area contributed by atoms with Crippen molar-refractivity contribution in [1.82, 2.24) is 0 Å². The zero-order valence-corrected chi connectivity index (χ0v) is 7.52. The van der Waals surface area contributed by atoms with Crippen LogP contribution in [0.2, 0.25) is 0 Å². The molecule has 1 aliphatic rings. The van der Waals surface area contributed by atoms with E-state index in [1.54, 1.807) is 0 Å². The van der Waals surface area contributed by atoms with Crippen LogP contribution in [0, 0.1) is 17.3 Å². The maximum Gasteiger partial charge on any atom is -0.0177 e. The van der Waals surface area contributed by atoms with Gasteiger partial charge >= 0.3 is 0 Å². The van der Waals surface area contributed by atoms with E-state index in [-0.39, 0.29) is 0 Å². The molecule has 0 amide bonds. The summed E-state index contributed by atoms with van der Waals surface area (Å²) < 4.78 is 0. The largest absolute Gasteiger partial charge is 0.0914 e. The summed E-state index contributed by atoms with van der Waals surface area (Å²) in [6.07, 6.45) is 5.91. The highest BCUT2D eigenvalue weighted by Crippen LogP contribution is 2.51. The zero-order chi connectivity index (χ0) is 7.78. The van der Waals surface area contributed by atoms with E-state index in [1.165, 1.54) is 6.42 Å². The monoisotopic (exact) mass is 138 g/mol. The Morgan fingerprint density at radius 2 is 2.00 bits per heavy atom. The summed E-state index contributed by atoms with van der Waals surface area (Å²) in [7, 11) is 0. The Hall–Kier alpha value is -0.260. The molecule has 0 aromatic heterocycles. The van der Waals surface area contributed by atoms with Crippen molar-refractivity contribution in [2.75, 3.05) is 0 Å². The van der Waals surface area contributed by atoms with Crippen molar-refractivity contribution in [2.45, 2.75) is 34.1 Å². The van der Waals surface area contributed by atoms with Crippen LogP contribution in [0.15, 0.2) is 12.2 Å². The number of allylic oxidation sites excluding steroid dienone is 2. The first-order valence-electron chi connectivity index (χ1n) is 4.22. The van der Waals surface area contributed by atoms with Gasteiger partial charge in [-0.2, -0.15) is 0 Å². The van der Waals surface area contributed by atoms with Crippen LogP contribution in [0.25, 0.3) is 0 Å². The second-order valence-corrected chi connectivity index (χ2v) is 4.09. The van der Waals surface area contributed by atoms with Crippen LogP contribution in [-0.2, 0) is 0 Å². The van der Waals surface area contributed by atoms with Gasteiger partial charge in [0.2, 0.25) is 0 Å². The van der Waals surface area contributed by atoms with Gasteiger partial charge in [-0.05, 0) is 30.6 Å².